The molecule has 11 heavy (non-hydrogen) atoms. The topological polar surface area (TPSA) is 58.6 Å². The summed E-state index contributed by atoms with van der Waals surface area (Å²) in [4.78, 5) is 10.8. The van der Waals surface area contributed by atoms with Crippen molar-refractivity contribution in [1.29, 1.82) is 0 Å². The van der Waals surface area contributed by atoms with E-state index in [0.717, 1.165) is 0 Å². The van der Waals surface area contributed by atoms with Gasteiger partial charge in [0.2, 0.25) is 0 Å². The van der Waals surface area contributed by atoms with Crippen molar-refractivity contribution in [1.82, 2.24) is 5.48 Å². The maximum Gasteiger partial charge on any atom is 0.334 e. The van der Waals surface area contributed by atoms with E-state index in [1.54, 1.807) is 13.8 Å². The molecule has 0 aromatic rings. The van der Waals surface area contributed by atoms with Gasteiger partial charge in [-0.1, -0.05) is 13.5 Å². The van der Waals surface area contributed by atoms with Crippen molar-refractivity contribution in [2.75, 3.05) is 0 Å². The van der Waals surface area contributed by atoms with Crippen LogP contribution in [0.3, 0.4) is 0 Å². The lowest BCUT2D eigenvalue weighted by atomic mass is 10.3. The third kappa shape index (κ3) is 3.75. The Morgan fingerprint density at radius 1 is 1.82 bits per heavy atom. The van der Waals surface area contributed by atoms with Gasteiger partial charge in [-0.2, -0.15) is 5.48 Å². The molecular weight excluding hydrogens is 146 g/mol. The average molecular weight is 159 g/mol. The molecule has 1 unspecified atom stereocenters. The zero-order valence-electron chi connectivity index (χ0n) is 6.76. The number of esters is 1. The highest BCUT2D eigenvalue weighted by atomic mass is 16.6. The summed E-state index contributed by atoms with van der Waals surface area (Å²) in [7, 11) is 0. The summed E-state index contributed by atoms with van der Waals surface area (Å²) in [6, 6.07) is 0. The number of ether oxygens (including phenoxy) is 1. The predicted octanol–water partition coefficient (Wildman–Crippen LogP) is 0.821. The SMILES string of the molecule is C=C(C)C(=O)OC(CC)NO. The first-order chi connectivity index (χ1) is 5.11. The summed E-state index contributed by atoms with van der Waals surface area (Å²) in [6.45, 7) is 6.72. The van der Waals surface area contributed by atoms with E-state index >= 15 is 0 Å². The Balaban J connectivity index is 3.81. The Morgan fingerprint density at radius 2 is 2.36 bits per heavy atom. The van der Waals surface area contributed by atoms with Gasteiger partial charge in [0.05, 0.1) is 0 Å². The van der Waals surface area contributed by atoms with E-state index < -0.39 is 12.2 Å². The molecule has 0 heterocycles. The minimum atomic E-state index is -0.640. The fourth-order valence-corrected chi connectivity index (χ4v) is 0.431. The first kappa shape index (κ1) is 10.1. The van der Waals surface area contributed by atoms with Crippen LogP contribution in [0.5, 0.6) is 0 Å². The number of hydrogen-bond donors (Lipinski definition) is 2. The van der Waals surface area contributed by atoms with Gasteiger partial charge in [-0.3, -0.25) is 0 Å². The zero-order chi connectivity index (χ0) is 8.85. The van der Waals surface area contributed by atoms with Gasteiger partial charge in [-0.15, -0.1) is 0 Å². The second-order valence-electron chi connectivity index (χ2n) is 2.21. The standard InChI is InChI=1S/C7H13NO3/c1-4-6(8-10)11-7(9)5(2)3/h6,8,10H,2,4H2,1,3H3. The van der Waals surface area contributed by atoms with Crippen LogP contribution in [-0.4, -0.2) is 17.4 Å². The smallest absolute Gasteiger partial charge is 0.334 e. The van der Waals surface area contributed by atoms with Crippen LogP contribution in [0, 0.1) is 0 Å². The number of carbonyl (C=O) groups is 1. The molecule has 0 amide bonds. The fourth-order valence-electron chi connectivity index (χ4n) is 0.431. The Morgan fingerprint density at radius 3 is 2.64 bits per heavy atom. The highest BCUT2D eigenvalue weighted by Crippen LogP contribution is 1.98. The van der Waals surface area contributed by atoms with Crippen molar-refractivity contribution in [3.63, 3.8) is 0 Å². The Labute approximate surface area is 65.8 Å². The minimum Gasteiger partial charge on any atom is -0.441 e. The van der Waals surface area contributed by atoms with Crippen LogP contribution in [0.2, 0.25) is 0 Å². The number of carbonyl (C=O) groups excluding carboxylic acids is 1. The summed E-state index contributed by atoms with van der Waals surface area (Å²) in [5, 5.41) is 8.40. The Bertz CT molecular complexity index is 152. The average Bonchev–Trinajstić information content (AvgIpc) is 1.99. The molecule has 0 fully saturated rings. The normalized spacial score (nSPS) is 12.3. The molecule has 0 radical (unpaired) electrons. The largest absolute Gasteiger partial charge is 0.441 e. The molecule has 0 saturated carbocycles. The van der Waals surface area contributed by atoms with Gasteiger partial charge in [0, 0.05) is 5.57 Å². The molecule has 0 spiro atoms. The van der Waals surface area contributed by atoms with E-state index in [-0.39, 0.29) is 0 Å². The molecule has 0 saturated heterocycles. The number of rotatable bonds is 4. The van der Waals surface area contributed by atoms with E-state index in [4.69, 9.17) is 9.94 Å². The van der Waals surface area contributed by atoms with Crippen molar-refractivity contribution in [2.45, 2.75) is 26.5 Å². The first-order valence-electron chi connectivity index (χ1n) is 3.38. The number of hydroxylamine groups is 1. The zero-order valence-corrected chi connectivity index (χ0v) is 6.76. The predicted molar refractivity (Wildman–Crippen MR) is 39.9 cm³/mol. The summed E-state index contributed by atoms with van der Waals surface area (Å²) >= 11 is 0. The van der Waals surface area contributed by atoms with Crippen LogP contribution < -0.4 is 5.48 Å². The van der Waals surface area contributed by atoms with Crippen molar-refractivity contribution in [2.24, 2.45) is 0 Å². The van der Waals surface area contributed by atoms with Crippen LogP contribution in [-0.2, 0) is 9.53 Å². The number of nitrogens with one attached hydrogen (secondary N) is 1. The van der Waals surface area contributed by atoms with Crippen molar-refractivity contribution in [3.8, 4) is 0 Å². The lowest BCUT2D eigenvalue weighted by Crippen LogP contribution is -2.30. The van der Waals surface area contributed by atoms with E-state index in [2.05, 4.69) is 6.58 Å². The van der Waals surface area contributed by atoms with Gasteiger partial charge in [0.25, 0.3) is 0 Å². The minimum absolute atomic E-state index is 0.318. The highest BCUT2D eigenvalue weighted by Gasteiger charge is 2.10. The van der Waals surface area contributed by atoms with Crippen molar-refractivity contribution < 1.29 is 14.7 Å². The summed E-state index contributed by atoms with van der Waals surface area (Å²) in [6.07, 6.45) is -0.130. The monoisotopic (exact) mass is 159 g/mol. The van der Waals surface area contributed by atoms with E-state index in [1.165, 1.54) is 0 Å². The van der Waals surface area contributed by atoms with Gasteiger partial charge in [-0.25, -0.2) is 4.79 Å². The quantitative estimate of drug-likeness (QED) is 0.276. The van der Waals surface area contributed by atoms with Gasteiger partial charge in [-0.05, 0) is 13.3 Å². The van der Waals surface area contributed by atoms with E-state index in [1.807, 2.05) is 5.48 Å². The molecule has 0 aliphatic heterocycles. The van der Waals surface area contributed by atoms with E-state index in [9.17, 15) is 4.79 Å². The second-order valence-corrected chi connectivity index (χ2v) is 2.21. The Hall–Kier alpha value is -0.870. The van der Waals surface area contributed by atoms with Crippen molar-refractivity contribution >= 4 is 5.97 Å². The molecule has 0 rings (SSSR count). The fraction of sp³-hybridized carbons (Fsp3) is 0.571. The second kappa shape index (κ2) is 4.87. The molecule has 4 heteroatoms. The maximum atomic E-state index is 10.8. The lowest BCUT2D eigenvalue weighted by Gasteiger charge is -2.13. The molecule has 4 nitrogen and oxygen atoms in total. The summed E-state index contributed by atoms with van der Waals surface area (Å²) in [5.74, 6) is -0.501. The highest BCUT2D eigenvalue weighted by molar-refractivity contribution is 5.87. The van der Waals surface area contributed by atoms with Crippen LogP contribution >= 0.6 is 0 Å². The van der Waals surface area contributed by atoms with Gasteiger partial charge >= 0.3 is 5.97 Å². The van der Waals surface area contributed by atoms with Gasteiger partial charge in [0.1, 0.15) is 0 Å². The molecule has 2 N–H and O–H groups in total. The van der Waals surface area contributed by atoms with Gasteiger partial charge < -0.3 is 9.94 Å². The Kier molecular flexibility index (Phi) is 4.49. The van der Waals surface area contributed by atoms with Gasteiger partial charge in [0.15, 0.2) is 6.23 Å². The van der Waals surface area contributed by atoms with E-state index in [0.29, 0.717) is 12.0 Å². The first-order valence-corrected chi connectivity index (χ1v) is 3.38. The molecule has 1 atom stereocenters. The maximum absolute atomic E-state index is 10.8. The third-order valence-electron chi connectivity index (χ3n) is 1.11. The summed E-state index contributed by atoms with van der Waals surface area (Å²) < 4.78 is 4.71. The number of hydrogen-bond acceptors (Lipinski definition) is 4. The molecule has 0 aromatic heterocycles. The van der Waals surface area contributed by atoms with Crippen LogP contribution in [0.1, 0.15) is 20.3 Å². The van der Waals surface area contributed by atoms with Crippen LogP contribution in [0.25, 0.3) is 0 Å². The molecular formula is C7H13NO3. The molecule has 64 valence electrons. The summed E-state index contributed by atoms with van der Waals surface area (Å²) in [5.41, 5.74) is 2.17. The molecule has 0 aromatic carbocycles. The molecule has 0 aliphatic rings. The van der Waals surface area contributed by atoms with Crippen LogP contribution in [0.15, 0.2) is 12.2 Å². The lowest BCUT2D eigenvalue weighted by molar-refractivity contribution is -0.152. The third-order valence-corrected chi connectivity index (χ3v) is 1.11. The van der Waals surface area contributed by atoms with Crippen LogP contribution in [0.4, 0.5) is 0 Å². The molecule has 0 aliphatic carbocycles. The van der Waals surface area contributed by atoms with Crippen molar-refractivity contribution in [3.05, 3.63) is 12.2 Å². The molecule has 0 bridgehead atoms.